The average Bonchev–Trinajstić information content (AvgIpc) is 2.37. The summed E-state index contributed by atoms with van der Waals surface area (Å²) in [6, 6.07) is 10.2. The smallest absolute Gasteiger partial charge is 0.338 e. The molecular weight excluding hydrogens is 251 g/mol. The minimum atomic E-state index is -1.31. The molecule has 0 heterocycles. The maximum Gasteiger partial charge on any atom is 0.338 e. The number of para-hydroxylation sites is 2. The van der Waals surface area contributed by atoms with Gasteiger partial charge in [-0.3, -0.25) is 0 Å². The van der Waals surface area contributed by atoms with Gasteiger partial charge < -0.3 is 14.9 Å². The van der Waals surface area contributed by atoms with Crippen molar-refractivity contribution in [3.8, 4) is 11.5 Å². The molecule has 19 heavy (non-hydrogen) atoms. The van der Waals surface area contributed by atoms with E-state index < -0.39 is 11.8 Å². The number of carboxylic acids is 1. The number of phenolic OH excluding ortho intramolecular Hbond substituents is 1. The lowest BCUT2D eigenvalue weighted by molar-refractivity contribution is 0.0692. The highest BCUT2D eigenvalue weighted by molar-refractivity contribution is 5.87. The van der Waals surface area contributed by atoms with Crippen LogP contribution in [0.5, 0.6) is 11.5 Å². The number of carboxylic acid groups (broad SMARTS) is 1. The molecule has 0 aromatic heterocycles. The van der Waals surface area contributed by atoms with Crippen molar-refractivity contribution < 1.29 is 24.1 Å². The molecule has 2 rings (SSSR count). The lowest BCUT2D eigenvalue weighted by atomic mass is 10.1. The summed E-state index contributed by atoms with van der Waals surface area (Å²) in [6.07, 6.45) is 0. The van der Waals surface area contributed by atoms with Crippen molar-refractivity contribution in [3.63, 3.8) is 0 Å². The van der Waals surface area contributed by atoms with E-state index in [0.717, 1.165) is 6.07 Å². The van der Waals surface area contributed by atoms with Gasteiger partial charge in [-0.2, -0.15) is 0 Å². The van der Waals surface area contributed by atoms with E-state index in [4.69, 9.17) is 9.84 Å². The molecule has 0 aliphatic rings. The van der Waals surface area contributed by atoms with Gasteiger partial charge in [-0.25, -0.2) is 9.18 Å². The maximum absolute atomic E-state index is 13.4. The van der Waals surface area contributed by atoms with E-state index in [1.54, 1.807) is 18.2 Å². The van der Waals surface area contributed by atoms with E-state index in [-0.39, 0.29) is 23.7 Å². The number of hydrogen-bond donors (Lipinski definition) is 2. The molecule has 2 aromatic carbocycles. The summed E-state index contributed by atoms with van der Waals surface area (Å²) in [4.78, 5) is 10.7. The molecule has 2 N–H and O–H groups in total. The van der Waals surface area contributed by atoms with Crippen LogP contribution in [0.2, 0.25) is 0 Å². The first-order valence-corrected chi connectivity index (χ1v) is 5.50. The summed E-state index contributed by atoms with van der Waals surface area (Å²) in [6.45, 7) is 0.0361. The number of phenols is 1. The zero-order valence-electron chi connectivity index (χ0n) is 9.84. The summed E-state index contributed by atoms with van der Waals surface area (Å²) in [5, 5.41) is 18.2. The van der Waals surface area contributed by atoms with Gasteiger partial charge in [-0.1, -0.05) is 18.2 Å². The van der Waals surface area contributed by atoms with Gasteiger partial charge in [0.1, 0.15) is 12.4 Å². The van der Waals surface area contributed by atoms with Gasteiger partial charge in [0.05, 0.1) is 5.56 Å². The minimum absolute atomic E-state index is 0.00914. The van der Waals surface area contributed by atoms with Crippen molar-refractivity contribution in [3.05, 3.63) is 59.4 Å². The van der Waals surface area contributed by atoms with E-state index in [1.807, 2.05) is 0 Å². The van der Waals surface area contributed by atoms with Crippen LogP contribution in [0.4, 0.5) is 4.39 Å². The second-order valence-electron chi connectivity index (χ2n) is 3.88. The summed E-state index contributed by atoms with van der Waals surface area (Å²) in [5.41, 5.74) is 0.0945. The van der Waals surface area contributed by atoms with Crippen molar-refractivity contribution in [1.82, 2.24) is 0 Å². The van der Waals surface area contributed by atoms with E-state index in [2.05, 4.69) is 0 Å². The highest BCUT2D eigenvalue weighted by Crippen LogP contribution is 2.25. The summed E-state index contributed by atoms with van der Waals surface area (Å²) in [7, 11) is 0. The van der Waals surface area contributed by atoms with Gasteiger partial charge >= 0.3 is 5.97 Å². The number of halogens is 1. The van der Waals surface area contributed by atoms with Crippen molar-refractivity contribution in [2.24, 2.45) is 0 Å². The molecule has 0 amide bonds. The number of hydrogen-bond acceptors (Lipinski definition) is 3. The topological polar surface area (TPSA) is 66.8 Å². The van der Waals surface area contributed by atoms with Gasteiger partial charge in [-0.15, -0.1) is 0 Å². The molecule has 0 spiro atoms. The van der Waals surface area contributed by atoms with Crippen molar-refractivity contribution in [1.29, 1.82) is 0 Å². The highest BCUT2D eigenvalue weighted by atomic mass is 19.1. The molecule has 0 saturated carbocycles. The van der Waals surface area contributed by atoms with Crippen LogP contribution in [0, 0.1) is 5.82 Å². The average molecular weight is 262 g/mol. The fourth-order valence-electron chi connectivity index (χ4n) is 1.56. The Bertz CT molecular complexity index is 610. The second-order valence-corrected chi connectivity index (χ2v) is 3.88. The SMILES string of the molecule is O=C(O)c1ccc(COc2ccccc2O)cc1F. The zero-order chi connectivity index (χ0) is 13.8. The number of aromatic hydroxyl groups is 1. The third kappa shape index (κ3) is 3.01. The van der Waals surface area contributed by atoms with Crippen molar-refractivity contribution in [2.75, 3.05) is 0 Å². The van der Waals surface area contributed by atoms with Gasteiger partial charge in [-0.05, 0) is 29.8 Å². The maximum atomic E-state index is 13.4. The first kappa shape index (κ1) is 12.9. The van der Waals surface area contributed by atoms with Crippen molar-refractivity contribution >= 4 is 5.97 Å². The van der Waals surface area contributed by atoms with Crippen LogP contribution in [0.15, 0.2) is 42.5 Å². The fourth-order valence-corrected chi connectivity index (χ4v) is 1.56. The van der Waals surface area contributed by atoms with Gasteiger partial charge in [0, 0.05) is 0 Å². The first-order chi connectivity index (χ1) is 9.08. The standard InChI is InChI=1S/C14H11FO4/c15-11-7-9(5-6-10(11)14(17)18)8-19-13-4-2-1-3-12(13)16/h1-7,16H,8H2,(H,17,18). The molecule has 0 aliphatic heterocycles. The van der Waals surface area contributed by atoms with Crippen LogP contribution < -0.4 is 4.74 Å². The van der Waals surface area contributed by atoms with Gasteiger partial charge in [0.25, 0.3) is 0 Å². The Morgan fingerprint density at radius 2 is 1.95 bits per heavy atom. The normalized spacial score (nSPS) is 10.2. The van der Waals surface area contributed by atoms with E-state index in [1.165, 1.54) is 18.2 Å². The second kappa shape index (κ2) is 5.39. The van der Waals surface area contributed by atoms with Crippen molar-refractivity contribution in [2.45, 2.75) is 6.61 Å². The zero-order valence-corrected chi connectivity index (χ0v) is 9.84. The predicted octanol–water partition coefficient (Wildman–Crippen LogP) is 2.81. The van der Waals surface area contributed by atoms with Crippen LogP contribution >= 0.6 is 0 Å². The molecule has 0 aliphatic carbocycles. The largest absolute Gasteiger partial charge is 0.504 e. The molecule has 2 aromatic rings. The fraction of sp³-hybridized carbons (Fsp3) is 0.0714. The Hall–Kier alpha value is -2.56. The molecule has 0 radical (unpaired) electrons. The van der Waals surface area contributed by atoms with Crippen LogP contribution in [-0.2, 0) is 6.61 Å². The first-order valence-electron chi connectivity index (χ1n) is 5.50. The summed E-state index contributed by atoms with van der Waals surface area (Å²) < 4.78 is 18.7. The summed E-state index contributed by atoms with van der Waals surface area (Å²) in [5.74, 6) is -1.85. The Morgan fingerprint density at radius 3 is 2.58 bits per heavy atom. The molecule has 0 saturated heterocycles. The highest BCUT2D eigenvalue weighted by Gasteiger charge is 2.10. The monoisotopic (exact) mass is 262 g/mol. The quantitative estimate of drug-likeness (QED) is 0.889. The van der Waals surface area contributed by atoms with Gasteiger partial charge in [0.15, 0.2) is 11.5 Å². The third-order valence-corrected chi connectivity index (χ3v) is 2.52. The molecule has 0 bridgehead atoms. The Kier molecular flexibility index (Phi) is 3.66. The van der Waals surface area contributed by atoms with E-state index >= 15 is 0 Å². The minimum Gasteiger partial charge on any atom is -0.504 e. The van der Waals surface area contributed by atoms with E-state index in [0.29, 0.717) is 5.56 Å². The Balaban J connectivity index is 2.11. The summed E-state index contributed by atoms with van der Waals surface area (Å²) >= 11 is 0. The van der Waals surface area contributed by atoms with Crippen LogP contribution in [0.3, 0.4) is 0 Å². The van der Waals surface area contributed by atoms with E-state index in [9.17, 15) is 14.3 Å². The molecule has 0 atom stereocenters. The number of benzene rings is 2. The number of ether oxygens (including phenoxy) is 1. The number of carbonyl (C=O) groups is 1. The molecule has 0 fully saturated rings. The molecule has 4 nitrogen and oxygen atoms in total. The van der Waals surface area contributed by atoms with Crippen LogP contribution in [-0.4, -0.2) is 16.2 Å². The Labute approximate surface area is 108 Å². The molecule has 5 heteroatoms. The van der Waals surface area contributed by atoms with Gasteiger partial charge in [0.2, 0.25) is 0 Å². The Morgan fingerprint density at radius 1 is 1.21 bits per heavy atom. The van der Waals surface area contributed by atoms with Crippen LogP contribution in [0.1, 0.15) is 15.9 Å². The molecular formula is C14H11FO4. The molecule has 0 unspecified atom stereocenters. The lowest BCUT2D eigenvalue weighted by Crippen LogP contribution is -2.02. The number of aromatic carboxylic acids is 1. The lowest BCUT2D eigenvalue weighted by Gasteiger charge is -2.08. The molecule has 98 valence electrons. The third-order valence-electron chi connectivity index (χ3n) is 2.52. The van der Waals surface area contributed by atoms with Crippen LogP contribution in [0.25, 0.3) is 0 Å². The number of rotatable bonds is 4. The predicted molar refractivity (Wildman–Crippen MR) is 65.8 cm³/mol.